The topological polar surface area (TPSA) is 25.2 Å². The molecule has 2 aromatic carbocycles. The lowest BCUT2D eigenvalue weighted by Gasteiger charge is -2.04. The highest BCUT2D eigenvalue weighted by Gasteiger charge is 2.07. The quantitative estimate of drug-likeness (QED) is 0.618. The molecular formula is C17H13BrClNO. The summed E-state index contributed by atoms with van der Waals surface area (Å²) in [4.78, 5) is 0. The van der Waals surface area contributed by atoms with Crippen LogP contribution in [0.1, 0.15) is 5.76 Å². The maximum absolute atomic E-state index is 6.18. The number of anilines is 1. The molecule has 0 atom stereocenters. The van der Waals surface area contributed by atoms with Crippen LogP contribution in [0.2, 0.25) is 5.02 Å². The van der Waals surface area contributed by atoms with Crippen LogP contribution >= 0.6 is 27.5 Å². The van der Waals surface area contributed by atoms with Crippen LogP contribution in [0.5, 0.6) is 0 Å². The summed E-state index contributed by atoms with van der Waals surface area (Å²) in [7, 11) is 0. The summed E-state index contributed by atoms with van der Waals surface area (Å²) >= 11 is 9.59. The summed E-state index contributed by atoms with van der Waals surface area (Å²) in [6.45, 7) is 0.631. The average molecular weight is 363 g/mol. The zero-order chi connectivity index (χ0) is 14.7. The number of furan rings is 1. The zero-order valence-electron chi connectivity index (χ0n) is 11.1. The molecule has 1 heterocycles. The van der Waals surface area contributed by atoms with Gasteiger partial charge in [0, 0.05) is 15.7 Å². The van der Waals surface area contributed by atoms with Gasteiger partial charge in [0.25, 0.3) is 0 Å². The molecule has 0 saturated carbocycles. The van der Waals surface area contributed by atoms with Crippen molar-refractivity contribution in [1.82, 2.24) is 0 Å². The summed E-state index contributed by atoms with van der Waals surface area (Å²) in [6, 6.07) is 19.6. The Labute approximate surface area is 136 Å². The molecule has 0 saturated heterocycles. The van der Waals surface area contributed by atoms with Crippen molar-refractivity contribution < 1.29 is 4.42 Å². The van der Waals surface area contributed by atoms with Gasteiger partial charge in [-0.3, -0.25) is 0 Å². The monoisotopic (exact) mass is 361 g/mol. The summed E-state index contributed by atoms with van der Waals surface area (Å²) in [5, 5.41) is 4.01. The molecule has 106 valence electrons. The number of benzene rings is 2. The van der Waals surface area contributed by atoms with E-state index in [1.54, 1.807) is 0 Å². The molecule has 0 aliphatic carbocycles. The second-order valence-corrected chi connectivity index (χ2v) is 5.93. The van der Waals surface area contributed by atoms with E-state index >= 15 is 0 Å². The van der Waals surface area contributed by atoms with Crippen molar-refractivity contribution in [3.8, 4) is 11.3 Å². The van der Waals surface area contributed by atoms with Gasteiger partial charge >= 0.3 is 0 Å². The maximum Gasteiger partial charge on any atom is 0.135 e. The van der Waals surface area contributed by atoms with Crippen LogP contribution in [0.15, 0.2) is 69.6 Å². The van der Waals surface area contributed by atoms with Gasteiger partial charge in [-0.15, -0.1) is 0 Å². The molecule has 1 N–H and O–H groups in total. The third-order valence-electron chi connectivity index (χ3n) is 3.11. The van der Waals surface area contributed by atoms with Crippen LogP contribution in [-0.4, -0.2) is 0 Å². The van der Waals surface area contributed by atoms with E-state index in [4.69, 9.17) is 16.0 Å². The lowest BCUT2D eigenvalue weighted by atomic mass is 10.2. The molecule has 0 amide bonds. The first-order chi connectivity index (χ1) is 10.2. The van der Waals surface area contributed by atoms with Crippen molar-refractivity contribution in [2.75, 3.05) is 5.32 Å². The molecule has 1 aromatic heterocycles. The van der Waals surface area contributed by atoms with Crippen molar-refractivity contribution in [3.05, 3.63) is 75.9 Å². The minimum absolute atomic E-state index is 0.631. The Hall–Kier alpha value is -1.71. The van der Waals surface area contributed by atoms with Gasteiger partial charge in [-0.05, 0) is 48.5 Å². The van der Waals surface area contributed by atoms with E-state index in [1.165, 1.54) is 0 Å². The molecule has 0 aliphatic rings. The predicted molar refractivity (Wildman–Crippen MR) is 90.6 cm³/mol. The van der Waals surface area contributed by atoms with Crippen LogP contribution in [-0.2, 0) is 6.54 Å². The van der Waals surface area contributed by atoms with Gasteiger partial charge in [-0.2, -0.15) is 0 Å². The van der Waals surface area contributed by atoms with Gasteiger partial charge in [0.05, 0.1) is 11.6 Å². The summed E-state index contributed by atoms with van der Waals surface area (Å²) < 4.78 is 6.90. The molecule has 0 fully saturated rings. The van der Waals surface area contributed by atoms with Crippen molar-refractivity contribution in [3.63, 3.8) is 0 Å². The molecule has 0 unspecified atom stereocenters. The molecule has 0 radical (unpaired) electrons. The van der Waals surface area contributed by atoms with Gasteiger partial charge < -0.3 is 9.73 Å². The Morgan fingerprint density at radius 3 is 2.48 bits per heavy atom. The first-order valence-electron chi connectivity index (χ1n) is 6.55. The number of nitrogens with one attached hydrogen (secondary N) is 1. The predicted octanol–water partition coefficient (Wildman–Crippen LogP) is 5.97. The van der Waals surface area contributed by atoms with Crippen molar-refractivity contribution in [2.45, 2.75) is 6.54 Å². The molecule has 3 rings (SSSR count). The Morgan fingerprint density at radius 2 is 1.71 bits per heavy atom. The Balaban J connectivity index is 1.71. The fourth-order valence-corrected chi connectivity index (χ4v) is 2.53. The lowest BCUT2D eigenvalue weighted by molar-refractivity contribution is 0.531. The second-order valence-electron chi connectivity index (χ2n) is 4.61. The number of hydrogen-bond donors (Lipinski definition) is 1. The Kier molecular flexibility index (Phi) is 4.32. The standard InChI is InChI=1S/C17H13BrClNO/c18-12-5-7-13(8-6-12)20-11-14-9-10-17(21-14)15-3-1-2-4-16(15)19/h1-10,20H,11H2. The third kappa shape index (κ3) is 3.49. The van der Waals surface area contributed by atoms with Crippen LogP contribution in [0.25, 0.3) is 11.3 Å². The first kappa shape index (κ1) is 14.2. The normalized spacial score (nSPS) is 10.6. The van der Waals surface area contributed by atoms with Crippen molar-refractivity contribution >= 4 is 33.2 Å². The van der Waals surface area contributed by atoms with E-state index in [1.807, 2.05) is 60.7 Å². The molecule has 21 heavy (non-hydrogen) atoms. The smallest absolute Gasteiger partial charge is 0.135 e. The lowest BCUT2D eigenvalue weighted by Crippen LogP contribution is -1.97. The largest absolute Gasteiger partial charge is 0.459 e. The highest BCUT2D eigenvalue weighted by molar-refractivity contribution is 9.10. The van der Waals surface area contributed by atoms with E-state index in [-0.39, 0.29) is 0 Å². The second kappa shape index (κ2) is 6.37. The SMILES string of the molecule is Clc1ccccc1-c1ccc(CNc2ccc(Br)cc2)o1. The summed E-state index contributed by atoms with van der Waals surface area (Å²) in [5.41, 5.74) is 1.96. The summed E-state index contributed by atoms with van der Waals surface area (Å²) in [6.07, 6.45) is 0. The van der Waals surface area contributed by atoms with Crippen molar-refractivity contribution in [1.29, 1.82) is 0 Å². The number of rotatable bonds is 4. The van der Waals surface area contributed by atoms with Crippen LogP contribution < -0.4 is 5.32 Å². The molecular weight excluding hydrogens is 350 g/mol. The van der Waals surface area contributed by atoms with Crippen LogP contribution in [0, 0.1) is 0 Å². The highest BCUT2D eigenvalue weighted by atomic mass is 79.9. The zero-order valence-corrected chi connectivity index (χ0v) is 13.5. The molecule has 0 bridgehead atoms. The molecule has 3 aromatic rings. The Bertz CT molecular complexity index is 737. The number of halogens is 2. The van der Waals surface area contributed by atoms with Crippen molar-refractivity contribution in [2.24, 2.45) is 0 Å². The van der Waals surface area contributed by atoms with Gasteiger partial charge in [-0.1, -0.05) is 39.7 Å². The fraction of sp³-hybridized carbons (Fsp3) is 0.0588. The molecule has 2 nitrogen and oxygen atoms in total. The number of hydrogen-bond acceptors (Lipinski definition) is 2. The van der Waals surface area contributed by atoms with Crippen LogP contribution in [0.4, 0.5) is 5.69 Å². The van der Waals surface area contributed by atoms with E-state index in [0.29, 0.717) is 11.6 Å². The van der Waals surface area contributed by atoms with Gasteiger partial charge in [0.15, 0.2) is 0 Å². The highest BCUT2D eigenvalue weighted by Crippen LogP contribution is 2.29. The van der Waals surface area contributed by atoms with Gasteiger partial charge in [-0.25, -0.2) is 0 Å². The minimum Gasteiger partial charge on any atom is -0.459 e. The van der Waals surface area contributed by atoms with E-state index in [9.17, 15) is 0 Å². The first-order valence-corrected chi connectivity index (χ1v) is 7.72. The Morgan fingerprint density at radius 1 is 0.952 bits per heavy atom. The summed E-state index contributed by atoms with van der Waals surface area (Å²) in [5.74, 6) is 1.65. The molecule has 0 spiro atoms. The van der Waals surface area contributed by atoms with Gasteiger partial charge in [0.1, 0.15) is 11.5 Å². The van der Waals surface area contributed by atoms with E-state index in [0.717, 1.165) is 27.2 Å². The average Bonchev–Trinajstić information content (AvgIpc) is 2.96. The minimum atomic E-state index is 0.631. The fourth-order valence-electron chi connectivity index (χ4n) is 2.04. The van der Waals surface area contributed by atoms with Crippen LogP contribution in [0.3, 0.4) is 0 Å². The third-order valence-corrected chi connectivity index (χ3v) is 3.97. The van der Waals surface area contributed by atoms with E-state index < -0.39 is 0 Å². The van der Waals surface area contributed by atoms with Gasteiger partial charge in [0.2, 0.25) is 0 Å². The van der Waals surface area contributed by atoms with E-state index in [2.05, 4.69) is 21.2 Å². The molecule has 0 aliphatic heterocycles. The maximum atomic E-state index is 6.18. The molecule has 4 heteroatoms.